The molecule has 2 aliphatic carbocycles. The largest absolute Gasteiger partial charge is 0.377 e. The minimum atomic E-state index is -0.0484. The number of thiazole rings is 1. The van der Waals surface area contributed by atoms with Crippen LogP contribution in [0.25, 0.3) is 0 Å². The molecule has 0 bridgehead atoms. The monoisotopic (exact) mass is 321 g/mol. The lowest BCUT2D eigenvalue weighted by molar-refractivity contribution is -0.126. The zero-order valence-electron chi connectivity index (χ0n) is 12.9. The van der Waals surface area contributed by atoms with Crippen molar-refractivity contribution >= 4 is 17.4 Å². The fourth-order valence-electron chi connectivity index (χ4n) is 4.75. The molecule has 1 saturated heterocycles. The van der Waals surface area contributed by atoms with Gasteiger partial charge in [-0.3, -0.25) is 0 Å². The number of amides is 2. The summed E-state index contributed by atoms with van der Waals surface area (Å²) in [4.78, 5) is 17.6. The molecule has 1 aromatic heterocycles. The summed E-state index contributed by atoms with van der Waals surface area (Å²) in [5.74, 6) is 0.523. The van der Waals surface area contributed by atoms with Gasteiger partial charge in [0.2, 0.25) is 0 Å². The van der Waals surface area contributed by atoms with Gasteiger partial charge in [-0.25, -0.2) is 9.78 Å². The van der Waals surface area contributed by atoms with Crippen LogP contribution in [0.1, 0.15) is 42.0 Å². The third-order valence-electron chi connectivity index (χ3n) is 5.67. The SMILES string of the molecule is Cc1ncc(CNC(=O)NC2C3CCOC3C23CCCC3)s1. The molecule has 5 nitrogen and oxygen atoms in total. The predicted molar refractivity (Wildman–Crippen MR) is 84.8 cm³/mol. The molecular formula is C16H23N3O2S. The highest BCUT2D eigenvalue weighted by atomic mass is 32.1. The Labute approximate surface area is 134 Å². The van der Waals surface area contributed by atoms with Gasteiger partial charge in [-0.05, 0) is 26.2 Å². The average molecular weight is 321 g/mol. The molecule has 6 heteroatoms. The van der Waals surface area contributed by atoms with E-state index >= 15 is 0 Å². The number of fused-ring (bicyclic) bond motifs is 2. The number of ether oxygens (including phenoxy) is 1. The molecule has 3 atom stereocenters. The van der Waals surface area contributed by atoms with Gasteiger partial charge >= 0.3 is 6.03 Å². The molecule has 22 heavy (non-hydrogen) atoms. The molecule has 3 unspecified atom stereocenters. The van der Waals surface area contributed by atoms with E-state index in [-0.39, 0.29) is 11.4 Å². The van der Waals surface area contributed by atoms with Crippen LogP contribution in [0.5, 0.6) is 0 Å². The molecule has 1 spiro atoms. The number of rotatable bonds is 3. The normalized spacial score (nSPS) is 31.8. The van der Waals surface area contributed by atoms with E-state index < -0.39 is 0 Å². The van der Waals surface area contributed by atoms with Crippen LogP contribution in [0, 0.1) is 18.3 Å². The molecule has 1 aliphatic heterocycles. The van der Waals surface area contributed by atoms with Crippen molar-refractivity contribution in [3.05, 3.63) is 16.1 Å². The minimum absolute atomic E-state index is 0.0484. The van der Waals surface area contributed by atoms with E-state index in [1.807, 2.05) is 13.1 Å². The van der Waals surface area contributed by atoms with Crippen LogP contribution in [0.15, 0.2) is 6.20 Å². The summed E-state index contributed by atoms with van der Waals surface area (Å²) in [6, 6.07) is 0.248. The van der Waals surface area contributed by atoms with Crippen molar-refractivity contribution in [2.45, 2.75) is 57.7 Å². The van der Waals surface area contributed by atoms with Crippen LogP contribution in [0.3, 0.4) is 0 Å². The van der Waals surface area contributed by atoms with E-state index in [4.69, 9.17) is 4.74 Å². The Hall–Kier alpha value is -1.14. The summed E-state index contributed by atoms with van der Waals surface area (Å²) >= 11 is 1.63. The highest BCUT2D eigenvalue weighted by Gasteiger charge is 2.65. The maximum Gasteiger partial charge on any atom is 0.315 e. The number of nitrogens with one attached hydrogen (secondary N) is 2. The van der Waals surface area contributed by atoms with Crippen LogP contribution >= 0.6 is 11.3 Å². The summed E-state index contributed by atoms with van der Waals surface area (Å²) in [6.45, 7) is 3.39. The summed E-state index contributed by atoms with van der Waals surface area (Å²) < 4.78 is 5.96. The molecule has 4 rings (SSSR count). The van der Waals surface area contributed by atoms with Crippen molar-refractivity contribution in [1.82, 2.24) is 15.6 Å². The van der Waals surface area contributed by atoms with Crippen molar-refractivity contribution in [3.8, 4) is 0 Å². The zero-order chi connectivity index (χ0) is 15.2. The Kier molecular flexibility index (Phi) is 3.61. The van der Waals surface area contributed by atoms with Crippen molar-refractivity contribution in [3.63, 3.8) is 0 Å². The minimum Gasteiger partial charge on any atom is -0.377 e. The van der Waals surface area contributed by atoms with E-state index in [9.17, 15) is 4.79 Å². The maximum absolute atomic E-state index is 12.3. The second kappa shape index (κ2) is 5.49. The Morgan fingerprint density at radius 1 is 1.50 bits per heavy atom. The highest BCUT2D eigenvalue weighted by molar-refractivity contribution is 7.11. The third kappa shape index (κ3) is 2.24. The number of aromatic nitrogens is 1. The molecule has 3 aliphatic rings. The highest BCUT2D eigenvalue weighted by Crippen LogP contribution is 2.60. The number of nitrogens with zero attached hydrogens (tertiary/aromatic N) is 1. The van der Waals surface area contributed by atoms with Crippen molar-refractivity contribution < 1.29 is 9.53 Å². The van der Waals surface area contributed by atoms with Crippen molar-refractivity contribution in [2.24, 2.45) is 11.3 Å². The predicted octanol–water partition coefficient (Wildman–Crippen LogP) is 2.60. The number of urea groups is 1. The Bertz CT molecular complexity index is 567. The first-order valence-corrected chi connectivity index (χ1v) is 9.08. The fourth-order valence-corrected chi connectivity index (χ4v) is 5.49. The van der Waals surface area contributed by atoms with Gasteiger partial charge in [-0.15, -0.1) is 11.3 Å². The van der Waals surface area contributed by atoms with Crippen LogP contribution < -0.4 is 10.6 Å². The smallest absolute Gasteiger partial charge is 0.315 e. The van der Waals surface area contributed by atoms with Gasteiger partial charge in [0.1, 0.15) is 0 Å². The van der Waals surface area contributed by atoms with E-state index in [1.54, 1.807) is 11.3 Å². The number of aryl methyl sites for hydroxylation is 1. The average Bonchev–Trinajstić information content (AvgIpc) is 3.22. The van der Waals surface area contributed by atoms with Crippen LogP contribution in [0.4, 0.5) is 4.79 Å². The van der Waals surface area contributed by atoms with Gasteiger partial charge in [0.05, 0.1) is 17.7 Å². The van der Waals surface area contributed by atoms with Crippen LogP contribution in [-0.2, 0) is 11.3 Å². The van der Waals surface area contributed by atoms with E-state index in [2.05, 4.69) is 15.6 Å². The molecule has 3 fully saturated rings. The number of hydrogen-bond acceptors (Lipinski definition) is 4. The molecule has 0 aromatic carbocycles. The summed E-state index contributed by atoms with van der Waals surface area (Å²) in [5, 5.41) is 7.26. The quantitative estimate of drug-likeness (QED) is 0.899. The molecule has 0 radical (unpaired) electrons. The maximum atomic E-state index is 12.3. The molecular weight excluding hydrogens is 298 g/mol. The molecule has 1 aromatic rings. The van der Waals surface area contributed by atoms with Gasteiger partial charge in [-0.1, -0.05) is 12.8 Å². The molecule has 120 valence electrons. The second-order valence-corrected chi connectivity index (χ2v) is 8.15. The lowest BCUT2D eigenvalue weighted by atomic mass is 9.54. The number of hydrogen-bond donors (Lipinski definition) is 2. The molecule has 2 amide bonds. The standard InChI is InChI=1S/C16H23N3O2S/c1-10-17-8-11(22-10)9-18-15(20)19-13-12-4-7-21-14(12)16(13)5-2-3-6-16/h8,12-14H,2-7,9H2,1H3,(H2,18,19,20). The fraction of sp³-hybridized carbons (Fsp3) is 0.750. The third-order valence-corrected chi connectivity index (χ3v) is 6.58. The topological polar surface area (TPSA) is 63.2 Å². The van der Waals surface area contributed by atoms with Crippen LogP contribution in [0.2, 0.25) is 0 Å². The summed E-state index contributed by atoms with van der Waals surface area (Å²) in [5.41, 5.74) is 0.222. The van der Waals surface area contributed by atoms with Crippen molar-refractivity contribution in [2.75, 3.05) is 6.61 Å². The van der Waals surface area contributed by atoms with Gasteiger partial charge in [-0.2, -0.15) is 0 Å². The molecule has 2 N–H and O–H groups in total. The Morgan fingerprint density at radius 2 is 2.32 bits per heavy atom. The summed E-state index contributed by atoms with van der Waals surface area (Å²) in [6.07, 6.45) is 8.26. The first-order chi connectivity index (χ1) is 10.7. The molecule has 2 heterocycles. The summed E-state index contributed by atoms with van der Waals surface area (Å²) in [7, 11) is 0. The van der Waals surface area contributed by atoms with Gasteiger partial charge < -0.3 is 15.4 Å². The van der Waals surface area contributed by atoms with Gasteiger partial charge in [0.15, 0.2) is 0 Å². The first kappa shape index (κ1) is 14.5. The zero-order valence-corrected chi connectivity index (χ0v) is 13.7. The van der Waals surface area contributed by atoms with E-state index in [0.29, 0.717) is 24.6 Å². The number of carbonyl (C=O) groups is 1. The van der Waals surface area contributed by atoms with Gasteiger partial charge in [0, 0.05) is 35.1 Å². The lowest BCUT2D eigenvalue weighted by Crippen LogP contribution is -2.69. The Morgan fingerprint density at radius 3 is 3.05 bits per heavy atom. The lowest BCUT2D eigenvalue weighted by Gasteiger charge is -2.56. The first-order valence-electron chi connectivity index (χ1n) is 8.26. The number of carbonyl (C=O) groups excluding carboxylic acids is 1. The van der Waals surface area contributed by atoms with Gasteiger partial charge in [0.25, 0.3) is 0 Å². The second-order valence-electron chi connectivity index (χ2n) is 6.83. The van der Waals surface area contributed by atoms with E-state index in [1.165, 1.54) is 25.7 Å². The van der Waals surface area contributed by atoms with E-state index in [0.717, 1.165) is 22.9 Å². The van der Waals surface area contributed by atoms with Crippen molar-refractivity contribution in [1.29, 1.82) is 0 Å². The Balaban J connectivity index is 1.36. The molecule has 2 saturated carbocycles. The van der Waals surface area contributed by atoms with Crippen LogP contribution in [-0.4, -0.2) is 29.8 Å².